The van der Waals surface area contributed by atoms with E-state index in [1.165, 1.54) is 7.11 Å². The first kappa shape index (κ1) is 20.0. The second kappa shape index (κ2) is 8.07. The van der Waals surface area contributed by atoms with E-state index in [1.807, 2.05) is 37.3 Å². The van der Waals surface area contributed by atoms with Crippen molar-refractivity contribution in [2.75, 3.05) is 19.5 Å². The summed E-state index contributed by atoms with van der Waals surface area (Å²) in [7, 11) is 2.35. The number of aryl methyl sites for hydroxylation is 1. The van der Waals surface area contributed by atoms with Crippen LogP contribution in [-0.4, -0.2) is 37.0 Å². The quantitative estimate of drug-likeness (QED) is 0.467. The fraction of sp³-hybridized carbons (Fsp3) is 0.158. The number of thiophene rings is 1. The van der Waals surface area contributed by atoms with Crippen LogP contribution in [0.5, 0.6) is 0 Å². The number of anilines is 1. The number of aromatic nitrogens is 1. The molecule has 2 heterocycles. The average molecular weight is 463 g/mol. The number of nitrogens with one attached hydrogen (secondary N) is 1. The van der Waals surface area contributed by atoms with Gasteiger partial charge in [-0.05, 0) is 36.2 Å². The summed E-state index contributed by atoms with van der Waals surface area (Å²) in [5.41, 5.74) is 2.55. The largest absolute Gasteiger partial charge is 0.465 e. The molecule has 2 aromatic heterocycles. The minimum absolute atomic E-state index is 0.145. The molecule has 0 spiro atoms. The second-order valence-electron chi connectivity index (χ2n) is 5.74. The van der Waals surface area contributed by atoms with Crippen LogP contribution in [0.15, 0.2) is 34.8 Å². The lowest BCUT2D eigenvalue weighted by molar-refractivity contribution is -0.150. The van der Waals surface area contributed by atoms with Crippen molar-refractivity contribution in [1.29, 1.82) is 0 Å². The summed E-state index contributed by atoms with van der Waals surface area (Å²) < 4.78 is 10.2. The fourth-order valence-corrected chi connectivity index (χ4v) is 4.07. The topological polar surface area (TPSA) is 94.6 Å². The minimum atomic E-state index is -1.07. The monoisotopic (exact) mass is 462 g/mol. The summed E-state index contributed by atoms with van der Waals surface area (Å²) in [6.07, 6.45) is 0. The van der Waals surface area contributed by atoms with Gasteiger partial charge in [0.25, 0.3) is 0 Å². The summed E-state index contributed by atoms with van der Waals surface area (Å²) in [6, 6.07) is 9.43. The van der Waals surface area contributed by atoms with E-state index in [2.05, 4.69) is 31.0 Å². The average Bonchev–Trinajstić information content (AvgIpc) is 3.04. The lowest BCUT2D eigenvalue weighted by atomic mass is 10.0. The maximum absolute atomic E-state index is 12.3. The van der Waals surface area contributed by atoms with E-state index in [1.54, 1.807) is 0 Å². The van der Waals surface area contributed by atoms with Crippen molar-refractivity contribution in [3.05, 3.63) is 45.4 Å². The minimum Gasteiger partial charge on any atom is -0.465 e. The van der Waals surface area contributed by atoms with Gasteiger partial charge in [-0.2, -0.15) is 0 Å². The molecule has 1 amide bonds. The Morgan fingerprint density at radius 1 is 1.11 bits per heavy atom. The molecule has 3 aromatic rings. The second-order valence-corrected chi connectivity index (χ2v) is 7.66. The Labute approximate surface area is 172 Å². The van der Waals surface area contributed by atoms with Gasteiger partial charge in [0.1, 0.15) is 9.71 Å². The van der Waals surface area contributed by atoms with Crippen molar-refractivity contribution < 1.29 is 23.9 Å². The number of benzene rings is 1. The van der Waals surface area contributed by atoms with Crippen LogP contribution in [0.2, 0.25) is 0 Å². The number of nitrogens with zero attached hydrogens (tertiary/aromatic N) is 1. The number of carbonyl (C=O) groups is 3. The number of amides is 1. The molecular weight excluding hydrogens is 448 g/mol. The zero-order valence-corrected chi connectivity index (χ0v) is 17.6. The van der Waals surface area contributed by atoms with E-state index in [9.17, 15) is 14.4 Å². The Morgan fingerprint density at radius 2 is 1.79 bits per heavy atom. The molecule has 0 unspecified atom stereocenters. The maximum Gasteiger partial charge on any atom is 0.396 e. The first-order chi connectivity index (χ1) is 13.3. The van der Waals surface area contributed by atoms with Gasteiger partial charge >= 0.3 is 17.8 Å². The molecule has 1 N–H and O–H groups in total. The van der Waals surface area contributed by atoms with E-state index in [0.29, 0.717) is 10.2 Å². The molecule has 0 saturated heterocycles. The first-order valence-corrected chi connectivity index (χ1v) is 9.64. The summed E-state index contributed by atoms with van der Waals surface area (Å²) >= 11 is 4.49. The summed E-state index contributed by atoms with van der Waals surface area (Å²) in [6.45, 7) is 1.84. The number of fused-ring (bicyclic) bond motifs is 1. The van der Waals surface area contributed by atoms with Crippen LogP contribution in [0.1, 0.15) is 15.4 Å². The molecule has 3 rings (SSSR count). The highest BCUT2D eigenvalue weighted by atomic mass is 79.9. The number of hydrogen-bond donors (Lipinski definition) is 1. The molecular formula is C19H15BrN2O5S. The molecule has 0 bridgehead atoms. The molecule has 9 heteroatoms. The molecule has 0 aliphatic rings. The highest BCUT2D eigenvalue weighted by Crippen LogP contribution is 2.42. The molecule has 0 aliphatic heterocycles. The van der Waals surface area contributed by atoms with Crippen LogP contribution in [0.25, 0.3) is 21.3 Å². The molecule has 1 aromatic carbocycles. The van der Waals surface area contributed by atoms with Gasteiger partial charge in [-0.1, -0.05) is 28.1 Å². The van der Waals surface area contributed by atoms with Gasteiger partial charge in [-0.15, -0.1) is 11.3 Å². The van der Waals surface area contributed by atoms with Crippen molar-refractivity contribution in [2.24, 2.45) is 0 Å². The standard InChI is InChI=1S/C19H15BrN2O5S/c1-9-8-12(10-4-6-11(20)7-5-10)13-14(22-16(23)19(25)27-3)15(18(24)26-2)28-17(13)21-9/h4-8H,1-3H3,(H,22,23). The van der Waals surface area contributed by atoms with Gasteiger partial charge in [-0.3, -0.25) is 4.79 Å². The van der Waals surface area contributed by atoms with E-state index in [0.717, 1.165) is 39.7 Å². The van der Waals surface area contributed by atoms with Crippen LogP contribution in [-0.2, 0) is 19.1 Å². The van der Waals surface area contributed by atoms with E-state index in [4.69, 9.17) is 4.74 Å². The Bertz CT molecular complexity index is 1090. The van der Waals surface area contributed by atoms with Crippen molar-refractivity contribution in [3.63, 3.8) is 0 Å². The normalized spacial score (nSPS) is 10.6. The van der Waals surface area contributed by atoms with E-state index in [-0.39, 0.29) is 10.6 Å². The zero-order chi connectivity index (χ0) is 20.4. The third kappa shape index (κ3) is 3.76. The number of esters is 2. The van der Waals surface area contributed by atoms with Gasteiger partial charge in [0.15, 0.2) is 0 Å². The summed E-state index contributed by atoms with van der Waals surface area (Å²) in [5.74, 6) is -2.70. The number of pyridine rings is 1. The Morgan fingerprint density at radius 3 is 2.39 bits per heavy atom. The highest BCUT2D eigenvalue weighted by molar-refractivity contribution is 9.10. The Kier molecular flexibility index (Phi) is 5.76. The first-order valence-electron chi connectivity index (χ1n) is 8.03. The summed E-state index contributed by atoms with van der Waals surface area (Å²) in [4.78, 5) is 41.2. The molecule has 7 nitrogen and oxygen atoms in total. The van der Waals surface area contributed by atoms with Gasteiger partial charge < -0.3 is 14.8 Å². The molecule has 0 aliphatic carbocycles. The Balaban J connectivity index is 2.30. The number of hydrogen-bond acceptors (Lipinski definition) is 7. The van der Waals surface area contributed by atoms with Crippen molar-refractivity contribution in [2.45, 2.75) is 6.92 Å². The summed E-state index contributed by atoms with van der Waals surface area (Å²) in [5, 5.41) is 3.04. The smallest absolute Gasteiger partial charge is 0.396 e. The Hall–Kier alpha value is -2.78. The molecule has 0 saturated carbocycles. The third-order valence-corrected chi connectivity index (χ3v) is 5.52. The molecule has 0 radical (unpaired) electrons. The predicted molar refractivity (Wildman–Crippen MR) is 109 cm³/mol. The molecule has 28 heavy (non-hydrogen) atoms. The molecule has 0 fully saturated rings. The number of rotatable bonds is 3. The number of methoxy groups -OCH3 is 2. The van der Waals surface area contributed by atoms with Crippen LogP contribution in [0.4, 0.5) is 5.69 Å². The van der Waals surface area contributed by atoms with Crippen LogP contribution >= 0.6 is 27.3 Å². The van der Waals surface area contributed by atoms with Crippen LogP contribution in [0, 0.1) is 6.92 Å². The molecule has 144 valence electrons. The number of halogens is 1. The fourth-order valence-electron chi connectivity index (χ4n) is 2.69. The van der Waals surface area contributed by atoms with Gasteiger partial charge in [0, 0.05) is 15.6 Å². The van der Waals surface area contributed by atoms with E-state index >= 15 is 0 Å². The maximum atomic E-state index is 12.3. The lowest BCUT2D eigenvalue weighted by Crippen LogP contribution is -2.24. The van der Waals surface area contributed by atoms with Crippen molar-refractivity contribution in [1.82, 2.24) is 4.98 Å². The SMILES string of the molecule is COC(=O)C(=O)Nc1c(C(=O)OC)sc2nc(C)cc(-c3ccc(Br)cc3)c12. The predicted octanol–water partition coefficient (Wildman–Crippen LogP) is 3.93. The van der Waals surface area contributed by atoms with Gasteiger partial charge in [0.05, 0.1) is 19.9 Å². The number of ether oxygens (including phenoxy) is 2. The molecule has 0 atom stereocenters. The van der Waals surface area contributed by atoms with Gasteiger partial charge in [0.2, 0.25) is 0 Å². The van der Waals surface area contributed by atoms with Crippen molar-refractivity contribution in [3.8, 4) is 11.1 Å². The van der Waals surface area contributed by atoms with Crippen LogP contribution in [0.3, 0.4) is 0 Å². The lowest BCUT2D eigenvalue weighted by Gasteiger charge is -2.10. The highest BCUT2D eigenvalue weighted by Gasteiger charge is 2.26. The van der Waals surface area contributed by atoms with Crippen LogP contribution < -0.4 is 5.32 Å². The zero-order valence-electron chi connectivity index (χ0n) is 15.2. The van der Waals surface area contributed by atoms with Crippen molar-refractivity contribution >= 4 is 61.0 Å². The van der Waals surface area contributed by atoms with E-state index < -0.39 is 17.8 Å². The third-order valence-electron chi connectivity index (χ3n) is 3.93. The van der Waals surface area contributed by atoms with Gasteiger partial charge in [-0.25, -0.2) is 14.6 Å². The number of carbonyl (C=O) groups excluding carboxylic acids is 3.